The monoisotopic (exact) mass is 377 g/mol. The van der Waals surface area contributed by atoms with E-state index >= 15 is 0 Å². The zero-order chi connectivity index (χ0) is 19.3. The molecular weight excluding hydrogens is 357 g/mol. The Kier molecular flexibility index (Phi) is 5.25. The summed E-state index contributed by atoms with van der Waals surface area (Å²) >= 11 is 0. The summed E-state index contributed by atoms with van der Waals surface area (Å²) in [6.45, 7) is 1.44. The number of halogens is 1. The van der Waals surface area contributed by atoms with Crippen LogP contribution in [0.3, 0.4) is 0 Å². The smallest absolute Gasteiger partial charge is 0.183 e. The first-order chi connectivity index (χ1) is 13.7. The third-order valence-electron chi connectivity index (χ3n) is 4.59. The summed E-state index contributed by atoms with van der Waals surface area (Å²) in [7, 11) is 1.67. The molecule has 7 heteroatoms. The fourth-order valence-electron chi connectivity index (χ4n) is 3.13. The Morgan fingerprint density at radius 1 is 1.07 bits per heavy atom. The van der Waals surface area contributed by atoms with Gasteiger partial charge in [-0.3, -0.25) is 0 Å². The Morgan fingerprint density at radius 2 is 1.93 bits per heavy atom. The van der Waals surface area contributed by atoms with E-state index in [1.165, 1.54) is 17.7 Å². The maximum absolute atomic E-state index is 13.2. The highest BCUT2D eigenvalue weighted by Crippen LogP contribution is 2.22. The van der Waals surface area contributed by atoms with E-state index in [1.807, 2.05) is 30.5 Å². The zero-order valence-corrected chi connectivity index (χ0v) is 15.5. The second kappa shape index (κ2) is 8.14. The lowest BCUT2D eigenvalue weighted by Gasteiger charge is -2.09. The Labute approximate surface area is 162 Å². The number of hydrogen-bond acceptors (Lipinski definition) is 5. The highest BCUT2D eigenvalue weighted by Gasteiger charge is 2.09. The quantitative estimate of drug-likeness (QED) is 0.501. The van der Waals surface area contributed by atoms with Gasteiger partial charge in [0.15, 0.2) is 5.65 Å². The van der Waals surface area contributed by atoms with Crippen LogP contribution in [-0.2, 0) is 13.0 Å². The minimum absolute atomic E-state index is 0.258. The van der Waals surface area contributed by atoms with Crippen LogP contribution in [0, 0.1) is 5.82 Å². The van der Waals surface area contributed by atoms with Crippen molar-refractivity contribution >= 4 is 5.65 Å². The fourth-order valence-corrected chi connectivity index (χ4v) is 3.13. The van der Waals surface area contributed by atoms with E-state index in [4.69, 9.17) is 4.74 Å². The van der Waals surface area contributed by atoms with Crippen molar-refractivity contribution in [2.75, 3.05) is 13.7 Å². The summed E-state index contributed by atoms with van der Waals surface area (Å²) in [5.74, 6) is 0.604. The number of aromatic nitrogens is 4. The summed E-state index contributed by atoms with van der Waals surface area (Å²) in [4.78, 5) is 0. The molecule has 0 atom stereocenters. The van der Waals surface area contributed by atoms with Gasteiger partial charge in [-0.15, -0.1) is 5.10 Å². The van der Waals surface area contributed by atoms with Crippen molar-refractivity contribution in [3.63, 3.8) is 0 Å². The molecule has 0 aliphatic carbocycles. The van der Waals surface area contributed by atoms with Crippen molar-refractivity contribution in [2.45, 2.75) is 13.0 Å². The Balaban J connectivity index is 1.48. The molecule has 2 aromatic heterocycles. The van der Waals surface area contributed by atoms with Crippen molar-refractivity contribution in [1.29, 1.82) is 0 Å². The molecule has 0 amide bonds. The molecule has 0 spiro atoms. The molecule has 0 unspecified atom stereocenters. The number of nitrogens with zero attached hydrogens (tertiary/aromatic N) is 4. The SMILES string of the molecule is COc1cccc(CCNCc2cc(-c3ccc(F)cc3)cn3nnnc23)c1. The van der Waals surface area contributed by atoms with Crippen molar-refractivity contribution in [3.05, 3.63) is 77.7 Å². The van der Waals surface area contributed by atoms with E-state index in [1.54, 1.807) is 23.8 Å². The summed E-state index contributed by atoms with van der Waals surface area (Å²) < 4.78 is 20.1. The average molecular weight is 377 g/mol. The number of tetrazole rings is 1. The molecule has 0 aliphatic rings. The van der Waals surface area contributed by atoms with E-state index in [0.29, 0.717) is 12.2 Å². The van der Waals surface area contributed by atoms with Crippen LogP contribution in [0.2, 0.25) is 0 Å². The van der Waals surface area contributed by atoms with Gasteiger partial charge in [0.1, 0.15) is 11.6 Å². The largest absolute Gasteiger partial charge is 0.497 e. The lowest BCUT2D eigenvalue weighted by Crippen LogP contribution is -2.17. The van der Waals surface area contributed by atoms with E-state index < -0.39 is 0 Å². The number of methoxy groups -OCH3 is 1. The first-order valence-corrected chi connectivity index (χ1v) is 9.03. The lowest BCUT2D eigenvalue weighted by atomic mass is 10.1. The van der Waals surface area contributed by atoms with Crippen LogP contribution in [0.5, 0.6) is 5.75 Å². The second-order valence-corrected chi connectivity index (χ2v) is 6.49. The van der Waals surface area contributed by atoms with Crippen molar-refractivity contribution in [2.24, 2.45) is 0 Å². The molecule has 142 valence electrons. The molecule has 0 saturated heterocycles. The molecule has 0 aliphatic heterocycles. The highest BCUT2D eigenvalue weighted by atomic mass is 19.1. The van der Waals surface area contributed by atoms with Gasteiger partial charge in [0.2, 0.25) is 0 Å². The van der Waals surface area contributed by atoms with Crippen LogP contribution in [0.15, 0.2) is 60.8 Å². The Bertz CT molecular complexity index is 1080. The normalized spacial score (nSPS) is 11.1. The number of ether oxygens (including phenoxy) is 1. The molecule has 0 bridgehead atoms. The molecule has 2 aromatic carbocycles. The summed E-state index contributed by atoms with van der Waals surface area (Å²) in [5.41, 5.74) is 4.75. The van der Waals surface area contributed by atoms with Crippen molar-refractivity contribution < 1.29 is 9.13 Å². The van der Waals surface area contributed by atoms with Gasteiger partial charge in [-0.2, -0.15) is 4.52 Å². The minimum Gasteiger partial charge on any atom is -0.497 e. The minimum atomic E-state index is -0.258. The number of fused-ring (bicyclic) bond motifs is 1. The third-order valence-corrected chi connectivity index (χ3v) is 4.59. The van der Waals surface area contributed by atoms with Crippen molar-refractivity contribution in [1.82, 2.24) is 25.4 Å². The molecule has 0 radical (unpaired) electrons. The number of hydrogen-bond donors (Lipinski definition) is 1. The Morgan fingerprint density at radius 3 is 2.75 bits per heavy atom. The molecular formula is C21H20FN5O. The standard InChI is InChI=1S/C21H20FN5O/c1-28-20-4-2-3-15(11-20)9-10-23-13-17-12-18(14-27-21(17)24-25-26-27)16-5-7-19(22)8-6-16/h2-8,11-12,14,23H,9-10,13H2,1H3. The maximum atomic E-state index is 13.2. The first-order valence-electron chi connectivity index (χ1n) is 9.03. The van der Waals surface area contributed by atoms with Gasteiger partial charge in [-0.1, -0.05) is 24.3 Å². The summed E-state index contributed by atoms with van der Waals surface area (Å²) in [6.07, 6.45) is 2.73. The fraction of sp³-hybridized carbons (Fsp3) is 0.190. The van der Waals surface area contributed by atoms with Gasteiger partial charge in [0.05, 0.1) is 7.11 Å². The molecule has 0 saturated carbocycles. The van der Waals surface area contributed by atoms with Gasteiger partial charge in [0.25, 0.3) is 0 Å². The van der Waals surface area contributed by atoms with E-state index in [2.05, 4.69) is 26.9 Å². The van der Waals surface area contributed by atoms with E-state index in [-0.39, 0.29) is 5.82 Å². The van der Waals surface area contributed by atoms with Crippen LogP contribution in [0.1, 0.15) is 11.1 Å². The van der Waals surface area contributed by atoms with E-state index in [0.717, 1.165) is 35.4 Å². The molecule has 0 fully saturated rings. The zero-order valence-electron chi connectivity index (χ0n) is 15.5. The van der Waals surface area contributed by atoms with Gasteiger partial charge < -0.3 is 10.1 Å². The summed E-state index contributed by atoms with van der Waals surface area (Å²) in [6, 6.07) is 16.5. The second-order valence-electron chi connectivity index (χ2n) is 6.49. The molecule has 28 heavy (non-hydrogen) atoms. The van der Waals surface area contributed by atoms with E-state index in [9.17, 15) is 4.39 Å². The number of benzene rings is 2. The van der Waals surface area contributed by atoms with Gasteiger partial charge in [-0.05, 0) is 64.9 Å². The molecule has 4 aromatic rings. The lowest BCUT2D eigenvalue weighted by molar-refractivity contribution is 0.414. The predicted octanol–water partition coefficient (Wildman–Crippen LogP) is 3.27. The van der Waals surface area contributed by atoms with Crippen LogP contribution >= 0.6 is 0 Å². The molecule has 4 rings (SSSR count). The third kappa shape index (κ3) is 3.99. The van der Waals surface area contributed by atoms with Crippen LogP contribution < -0.4 is 10.1 Å². The van der Waals surface area contributed by atoms with Crippen LogP contribution in [0.25, 0.3) is 16.8 Å². The Hall–Kier alpha value is -3.32. The topological polar surface area (TPSA) is 64.3 Å². The van der Waals surface area contributed by atoms with Crippen LogP contribution in [-0.4, -0.2) is 33.7 Å². The van der Waals surface area contributed by atoms with Gasteiger partial charge in [0, 0.05) is 23.9 Å². The highest BCUT2D eigenvalue weighted by molar-refractivity contribution is 5.66. The van der Waals surface area contributed by atoms with Gasteiger partial charge >= 0.3 is 0 Å². The van der Waals surface area contributed by atoms with Crippen LogP contribution in [0.4, 0.5) is 4.39 Å². The van der Waals surface area contributed by atoms with Gasteiger partial charge in [-0.25, -0.2) is 4.39 Å². The predicted molar refractivity (Wildman–Crippen MR) is 105 cm³/mol. The average Bonchev–Trinajstić information content (AvgIpc) is 3.20. The molecule has 2 heterocycles. The maximum Gasteiger partial charge on any atom is 0.183 e. The molecule has 6 nitrogen and oxygen atoms in total. The first kappa shape index (κ1) is 18.1. The summed E-state index contributed by atoms with van der Waals surface area (Å²) in [5, 5.41) is 15.3. The van der Waals surface area contributed by atoms with Crippen molar-refractivity contribution in [3.8, 4) is 16.9 Å². The number of pyridine rings is 1. The number of rotatable bonds is 7. The molecule has 1 N–H and O–H groups in total. The number of nitrogens with one attached hydrogen (secondary N) is 1.